The molecule has 6 heteroatoms. The molecule has 0 radical (unpaired) electrons. The van der Waals surface area contributed by atoms with Crippen molar-refractivity contribution in [3.05, 3.63) is 28.2 Å². The smallest absolute Gasteiger partial charge is 0.242 e. The minimum Gasteiger partial charge on any atom is -0.313 e. The van der Waals surface area contributed by atoms with E-state index in [0.717, 1.165) is 37.9 Å². The van der Waals surface area contributed by atoms with Crippen LogP contribution in [0.1, 0.15) is 38.7 Å². The van der Waals surface area contributed by atoms with Gasteiger partial charge in [-0.05, 0) is 66.4 Å². The van der Waals surface area contributed by atoms with E-state index in [1.165, 1.54) is 0 Å². The van der Waals surface area contributed by atoms with Crippen molar-refractivity contribution in [1.82, 2.24) is 10.0 Å². The third kappa shape index (κ3) is 3.61. The summed E-state index contributed by atoms with van der Waals surface area (Å²) in [7, 11) is -3.46. The summed E-state index contributed by atoms with van der Waals surface area (Å²) >= 11 is 3.38. The zero-order chi connectivity index (χ0) is 14.8. The summed E-state index contributed by atoms with van der Waals surface area (Å²) in [5.74, 6) is 0. The molecule has 0 aliphatic heterocycles. The lowest BCUT2D eigenvalue weighted by Gasteiger charge is -2.38. The van der Waals surface area contributed by atoms with Crippen molar-refractivity contribution >= 4 is 26.0 Å². The van der Waals surface area contributed by atoms with E-state index in [-0.39, 0.29) is 5.54 Å². The third-order valence-electron chi connectivity index (χ3n) is 3.70. The molecule has 20 heavy (non-hydrogen) atoms. The number of halogens is 1. The maximum atomic E-state index is 12.4. The molecule has 0 spiro atoms. The molecule has 0 aromatic heterocycles. The van der Waals surface area contributed by atoms with Crippen molar-refractivity contribution < 1.29 is 8.42 Å². The van der Waals surface area contributed by atoms with Gasteiger partial charge >= 0.3 is 0 Å². The van der Waals surface area contributed by atoms with Gasteiger partial charge in [-0.15, -0.1) is 0 Å². The zero-order valence-electron chi connectivity index (χ0n) is 11.9. The van der Waals surface area contributed by atoms with Gasteiger partial charge in [-0.2, -0.15) is 0 Å². The minimum atomic E-state index is -3.46. The fourth-order valence-corrected chi connectivity index (χ4v) is 4.92. The van der Waals surface area contributed by atoms with Gasteiger partial charge in [-0.3, -0.25) is 0 Å². The molecule has 0 amide bonds. The first-order chi connectivity index (χ1) is 9.36. The van der Waals surface area contributed by atoms with Crippen molar-refractivity contribution in [2.45, 2.75) is 50.1 Å². The molecular formula is C14H21BrN2O2S. The van der Waals surface area contributed by atoms with Gasteiger partial charge in [0.1, 0.15) is 0 Å². The van der Waals surface area contributed by atoms with Crippen LogP contribution in [0.3, 0.4) is 0 Å². The Bertz CT molecular complexity index is 583. The van der Waals surface area contributed by atoms with E-state index in [2.05, 4.69) is 26.0 Å². The highest BCUT2D eigenvalue weighted by molar-refractivity contribution is 9.10. The number of sulfonamides is 1. The molecule has 1 aliphatic rings. The predicted octanol–water partition coefficient (Wildman–Crippen LogP) is 2.78. The van der Waals surface area contributed by atoms with E-state index in [4.69, 9.17) is 0 Å². The standard InChI is InChI=1S/C14H21BrN2O2S/c1-3-16-10-11-5-6-13(12(15)9-11)20(18,19)17-14(2)7-4-8-14/h5-6,9,16-17H,3-4,7-8,10H2,1-2H3. The Morgan fingerprint density at radius 1 is 1.35 bits per heavy atom. The molecule has 2 rings (SSSR count). The molecule has 1 aliphatic carbocycles. The highest BCUT2D eigenvalue weighted by Crippen LogP contribution is 2.33. The van der Waals surface area contributed by atoms with E-state index in [1.54, 1.807) is 6.07 Å². The largest absolute Gasteiger partial charge is 0.313 e. The van der Waals surface area contributed by atoms with E-state index < -0.39 is 10.0 Å². The molecule has 0 heterocycles. The van der Waals surface area contributed by atoms with Gasteiger partial charge in [0, 0.05) is 16.6 Å². The van der Waals surface area contributed by atoms with Crippen LogP contribution in [0.25, 0.3) is 0 Å². The molecule has 1 aromatic carbocycles. The first kappa shape index (κ1) is 15.9. The molecule has 0 bridgehead atoms. The Labute approximate surface area is 129 Å². The van der Waals surface area contributed by atoms with Gasteiger partial charge in [0.15, 0.2) is 0 Å². The van der Waals surface area contributed by atoms with E-state index in [1.807, 2.05) is 26.0 Å². The van der Waals surface area contributed by atoms with Crippen molar-refractivity contribution in [3.63, 3.8) is 0 Å². The Morgan fingerprint density at radius 3 is 2.55 bits per heavy atom. The second-order valence-corrected chi connectivity index (χ2v) is 8.07. The Morgan fingerprint density at radius 2 is 2.05 bits per heavy atom. The predicted molar refractivity (Wildman–Crippen MR) is 84.1 cm³/mol. The van der Waals surface area contributed by atoms with Crippen LogP contribution >= 0.6 is 15.9 Å². The Hall–Kier alpha value is -0.430. The molecule has 2 N–H and O–H groups in total. The van der Waals surface area contributed by atoms with Gasteiger partial charge in [0.2, 0.25) is 10.0 Å². The van der Waals surface area contributed by atoms with Gasteiger partial charge < -0.3 is 5.32 Å². The molecular weight excluding hydrogens is 340 g/mol. The van der Waals surface area contributed by atoms with Crippen LogP contribution in [-0.4, -0.2) is 20.5 Å². The maximum absolute atomic E-state index is 12.4. The quantitative estimate of drug-likeness (QED) is 0.819. The minimum absolute atomic E-state index is 0.277. The summed E-state index contributed by atoms with van der Waals surface area (Å²) in [4.78, 5) is 0.311. The third-order valence-corrected chi connectivity index (χ3v) is 6.32. The Kier molecular flexibility index (Phi) is 4.89. The average Bonchev–Trinajstić information content (AvgIpc) is 2.33. The number of benzene rings is 1. The molecule has 112 valence electrons. The number of hydrogen-bond donors (Lipinski definition) is 2. The van der Waals surface area contributed by atoms with Crippen molar-refractivity contribution in [2.24, 2.45) is 0 Å². The number of nitrogens with one attached hydrogen (secondary N) is 2. The summed E-state index contributed by atoms with van der Waals surface area (Å²) in [5.41, 5.74) is 0.785. The van der Waals surface area contributed by atoms with Crippen LogP contribution in [0.2, 0.25) is 0 Å². The van der Waals surface area contributed by atoms with Gasteiger partial charge in [-0.1, -0.05) is 13.0 Å². The molecule has 0 saturated heterocycles. The highest BCUT2D eigenvalue weighted by atomic mass is 79.9. The molecule has 0 unspecified atom stereocenters. The SMILES string of the molecule is CCNCc1ccc(S(=O)(=O)NC2(C)CCC2)c(Br)c1. The van der Waals surface area contributed by atoms with Crippen LogP contribution in [0.5, 0.6) is 0 Å². The number of rotatable bonds is 6. The van der Waals surface area contributed by atoms with Crippen LogP contribution in [0.15, 0.2) is 27.6 Å². The molecule has 4 nitrogen and oxygen atoms in total. The summed E-state index contributed by atoms with van der Waals surface area (Å²) in [6, 6.07) is 5.38. The normalized spacial score (nSPS) is 17.8. The van der Waals surface area contributed by atoms with Crippen LogP contribution in [-0.2, 0) is 16.6 Å². The first-order valence-corrected chi connectivity index (χ1v) is 9.17. The lowest BCUT2D eigenvalue weighted by Crippen LogP contribution is -2.50. The lowest BCUT2D eigenvalue weighted by atomic mass is 9.80. The Balaban J connectivity index is 2.19. The van der Waals surface area contributed by atoms with E-state index in [9.17, 15) is 8.42 Å². The zero-order valence-corrected chi connectivity index (χ0v) is 14.3. The molecule has 1 saturated carbocycles. The van der Waals surface area contributed by atoms with E-state index in [0.29, 0.717) is 9.37 Å². The van der Waals surface area contributed by atoms with Crippen LogP contribution < -0.4 is 10.0 Å². The summed E-state index contributed by atoms with van der Waals surface area (Å²) < 4.78 is 28.3. The van der Waals surface area contributed by atoms with Gasteiger partial charge in [-0.25, -0.2) is 13.1 Å². The van der Waals surface area contributed by atoms with Gasteiger partial charge in [0.25, 0.3) is 0 Å². The highest BCUT2D eigenvalue weighted by Gasteiger charge is 2.36. The topological polar surface area (TPSA) is 58.2 Å². The second kappa shape index (κ2) is 6.13. The first-order valence-electron chi connectivity index (χ1n) is 6.89. The van der Waals surface area contributed by atoms with Crippen molar-refractivity contribution in [1.29, 1.82) is 0 Å². The van der Waals surface area contributed by atoms with Crippen LogP contribution in [0.4, 0.5) is 0 Å². The summed E-state index contributed by atoms with van der Waals surface area (Å²) in [5, 5.41) is 3.22. The van der Waals surface area contributed by atoms with Crippen LogP contribution in [0, 0.1) is 0 Å². The van der Waals surface area contributed by atoms with Crippen molar-refractivity contribution in [2.75, 3.05) is 6.54 Å². The average molecular weight is 361 g/mol. The number of hydrogen-bond acceptors (Lipinski definition) is 3. The fraction of sp³-hybridized carbons (Fsp3) is 0.571. The van der Waals surface area contributed by atoms with Crippen molar-refractivity contribution in [3.8, 4) is 0 Å². The second-order valence-electron chi connectivity index (χ2n) is 5.56. The molecule has 0 atom stereocenters. The molecule has 1 fully saturated rings. The monoisotopic (exact) mass is 360 g/mol. The lowest BCUT2D eigenvalue weighted by molar-refractivity contribution is 0.248. The summed E-state index contributed by atoms with van der Waals surface area (Å²) in [6.45, 7) is 5.62. The molecule has 1 aromatic rings. The fourth-order valence-electron chi connectivity index (χ4n) is 2.33. The van der Waals surface area contributed by atoms with Gasteiger partial charge in [0.05, 0.1) is 4.90 Å². The summed E-state index contributed by atoms with van der Waals surface area (Å²) in [6.07, 6.45) is 2.90. The van der Waals surface area contributed by atoms with E-state index >= 15 is 0 Å². The maximum Gasteiger partial charge on any atom is 0.242 e.